The molecule has 0 radical (unpaired) electrons. The van der Waals surface area contributed by atoms with Crippen molar-refractivity contribution < 1.29 is 18.9 Å². The molecule has 0 spiro atoms. The number of para-hydroxylation sites is 1. The molecule has 160 valence electrons. The Kier molecular flexibility index (Phi) is 5.61. The summed E-state index contributed by atoms with van der Waals surface area (Å²) in [6.07, 6.45) is 1.52. The van der Waals surface area contributed by atoms with Crippen molar-refractivity contribution in [2.45, 2.75) is 6.92 Å². The number of amidine groups is 1. The van der Waals surface area contributed by atoms with E-state index in [1.807, 2.05) is 0 Å². The number of rotatable bonds is 5. The molecule has 3 N–H and O–H groups in total. The number of thioether (sulfide) groups is 1. The van der Waals surface area contributed by atoms with Crippen molar-refractivity contribution in [2.75, 3.05) is 0 Å². The average molecular weight is 448 g/mol. The monoisotopic (exact) mass is 448 g/mol. The molecule has 3 aromatic rings. The lowest BCUT2D eigenvalue weighted by Gasteiger charge is -2.01. The first-order valence-electron chi connectivity index (χ1n) is 9.35. The van der Waals surface area contributed by atoms with E-state index in [-0.39, 0.29) is 22.3 Å². The average Bonchev–Trinajstić information content (AvgIpc) is 3.35. The van der Waals surface area contributed by atoms with Gasteiger partial charge in [-0.25, -0.2) is 4.99 Å². The first-order chi connectivity index (χ1) is 15.3. The summed E-state index contributed by atoms with van der Waals surface area (Å²) in [4.78, 5) is 39.5. The molecule has 0 aliphatic carbocycles. The highest BCUT2D eigenvalue weighted by atomic mass is 32.2. The van der Waals surface area contributed by atoms with Gasteiger partial charge >= 0.3 is 0 Å². The van der Waals surface area contributed by atoms with Gasteiger partial charge in [0.2, 0.25) is 0 Å². The summed E-state index contributed by atoms with van der Waals surface area (Å²) in [6.45, 7) is 1.77. The Hall–Kier alpha value is -4.18. The maximum absolute atomic E-state index is 12.4. The maximum Gasteiger partial charge on any atom is 0.280 e. The smallest absolute Gasteiger partial charge is 0.280 e. The molecular weight excluding hydrogens is 432 g/mol. The molecule has 1 aliphatic heterocycles. The molecule has 2 heterocycles. The second-order valence-corrected chi connectivity index (χ2v) is 7.87. The molecule has 0 saturated carbocycles. The zero-order chi connectivity index (χ0) is 22.8. The van der Waals surface area contributed by atoms with Crippen molar-refractivity contribution in [1.29, 1.82) is 0 Å². The second-order valence-electron chi connectivity index (χ2n) is 6.84. The molecule has 2 aromatic carbocycles. The maximum atomic E-state index is 12.4. The lowest BCUT2D eigenvalue weighted by atomic mass is 10.1. The molecule has 0 unspecified atom stereocenters. The number of aliphatic imine (C=N–C) groups is 1. The first kappa shape index (κ1) is 21.1. The van der Waals surface area contributed by atoms with Crippen LogP contribution in [0.25, 0.3) is 17.4 Å². The van der Waals surface area contributed by atoms with E-state index >= 15 is 0 Å². The van der Waals surface area contributed by atoms with E-state index in [9.17, 15) is 19.7 Å². The zero-order valence-electron chi connectivity index (χ0n) is 16.7. The number of amides is 2. The Balaban J connectivity index is 1.61. The molecule has 32 heavy (non-hydrogen) atoms. The SMILES string of the molecule is Cc1ccc(-c2ccc(/C=C3/SC(=Nc4ccccc4C(N)=O)NC3=O)o2)c([N+](=O)[O-])c1. The van der Waals surface area contributed by atoms with E-state index in [1.165, 1.54) is 12.1 Å². The topological polar surface area (TPSA) is 141 Å². The molecule has 10 heteroatoms. The van der Waals surface area contributed by atoms with Crippen LogP contribution >= 0.6 is 11.8 Å². The number of hydrogen-bond donors (Lipinski definition) is 2. The number of hydrogen-bond acceptors (Lipinski definition) is 7. The Morgan fingerprint density at radius 3 is 2.75 bits per heavy atom. The van der Waals surface area contributed by atoms with Gasteiger partial charge in [-0.3, -0.25) is 19.7 Å². The fraction of sp³-hybridized carbons (Fsp3) is 0.0455. The van der Waals surface area contributed by atoms with Crippen LogP contribution in [0, 0.1) is 17.0 Å². The number of nitro groups is 1. The van der Waals surface area contributed by atoms with Gasteiger partial charge in [0.15, 0.2) is 5.17 Å². The Bertz CT molecular complexity index is 1330. The molecule has 1 fully saturated rings. The molecule has 1 aromatic heterocycles. The molecule has 0 atom stereocenters. The van der Waals surface area contributed by atoms with Gasteiger partial charge in [-0.05, 0) is 54.6 Å². The van der Waals surface area contributed by atoms with E-state index in [2.05, 4.69) is 10.3 Å². The van der Waals surface area contributed by atoms with Crippen molar-refractivity contribution in [2.24, 2.45) is 10.7 Å². The Labute approximate surface area is 186 Å². The van der Waals surface area contributed by atoms with Crippen LogP contribution in [0.15, 0.2) is 68.9 Å². The van der Waals surface area contributed by atoms with Gasteiger partial charge in [-0.2, -0.15) is 0 Å². The van der Waals surface area contributed by atoms with Gasteiger partial charge in [-0.1, -0.05) is 18.2 Å². The Morgan fingerprint density at radius 1 is 1.22 bits per heavy atom. The van der Waals surface area contributed by atoms with Crippen LogP contribution in [0.2, 0.25) is 0 Å². The quantitative estimate of drug-likeness (QED) is 0.341. The first-order valence-corrected chi connectivity index (χ1v) is 10.2. The zero-order valence-corrected chi connectivity index (χ0v) is 17.5. The van der Waals surface area contributed by atoms with E-state index in [4.69, 9.17) is 10.2 Å². The fourth-order valence-electron chi connectivity index (χ4n) is 3.07. The van der Waals surface area contributed by atoms with Crippen molar-refractivity contribution in [1.82, 2.24) is 5.32 Å². The Morgan fingerprint density at radius 2 is 2.00 bits per heavy atom. The van der Waals surface area contributed by atoms with E-state index in [0.717, 1.165) is 17.3 Å². The molecule has 1 aliphatic rings. The van der Waals surface area contributed by atoms with Crippen LogP contribution in [0.3, 0.4) is 0 Å². The summed E-state index contributed by atoms with van der Waals surface area (Å²) in [6, 6.07) is 14.6. The summed E-state index contributed by atoms with van der Waals surface area (Å²) < 4.78 is 5.74. The minimum atomic E-state index is -0.622. The number of carbonyl (C=O) groups is 2. The summed E-state index contributed by atoms with van der Waals surface area (Å²) in [5.74, 6) is -0.338. The van der Waals surface area contributed by atoms with Crippen LogP contribution in [0.1, 0.15) is 21.7 Å². The number of furan rings is 1. The van der Waals surface area contributed by atoms with Crippen molar-refractivity contribution in [3.05, 3.63) is 86.5 Å². The van der Waals surface area contributed by atoms with Crippen LogP contribution < -0.4 is 11.1 Å². The van der Waals surface area contributed by atoms with Gasteiger partial charge in [0, 0.05) is 12.1 Å². The van der Waals surface area contributed by atoms with Crippen molar-refractivity contribution in [3.8, 4) is 11.3 Å². The van der Waals surface area contributed by atoms with Crippen LogP contribution in [0.4, 0.5) is 11.4 Å². The number of primary amides is 1. The molecule has 4 rings (SSSR count). The molecule has 9 nitrogen and oxygen atoms in total. The van der Waals surface area contributed by atoms with Gasteiger partial charge in [0.1, 0.15) is 11.5 Å². The highest BCUT2D eigenvalue weighted by Gasteiger charge is 2.25. The van der Waals surface area contributed by atoms with E-state index in [1.54, 1.807) is 55.5 Å². The van der Waals surface area contributed by atoms with Gasteiger partial charge in [0.05, 0.1) is 26.6 Å². The number of nitrogens with one attached hydrogen (secondary N) is 1. The van der Waals surface area contributed by atoms with E-state index < -0.39 is 10.8 Å². The van der Waals surface area contributed by atoms with E-state index in [0.29, 0.717) is 27.7 Å². The number of nitro benzene ring substituents is 1. The van der Waals surface area contributed by atoms with Crippen molar-refractivity contribution >= 4 is 46.2 Å². The lowest BCUT2D eigenvalue weighted by molar-refractivity contribution is -0.384. The number of nitrogens with zero attached hydrogens (tertiary/aromatic N) is 2. The number of nitrogens with two attached hydrogens (primary N) is 1. The van der Waals surface area contributed by atoms with Crippen LogP contribution in [-0.2, 0) is 4.79 Å². The minimum Gasteiger partial charge on any atom is -0.456 e. The van der Waals surface area contributed by atoms with Gasteiger partial charge in [-0.15, -0.1) is 0 Å². The summed E-state index contributed by atoms with van der Waals surface area (Å²) in [7, 11) is 0. The third-order valence-corrected chi connectivity index (χ3v) is 5.47. The number of aryl methyl sites for hydroxylation is 1. The standard InChI is InChI=1S/C22H16N4O5S/c1-12-6-8-15(17(10-12)26(29)30)18-9-7-13(31-18)11-19-21(28)25-22(32-19)24-16-5-3-2-4-14(16)20(23)27/h2-11H,1H3,(H2,23,27)(H,24,25,28)/b19-11+. The molecule has 0 bridgehead atoms. The van der Waals surface area contributed by atoms with Gasteiger partial charge < -0.3 is 15.5 Å². The largest absolute Gasteiger partial charge is 0.456 e. The number of benzene rings is 2. The molecular formula is C22H16N4O5S. The lowest BCUT2D eigenvalue weighted by Crippen LogP contribution is -2.19. The third-order valence-electron chi connectivity index (χ3n) is 4.56. The fourth-order valence-corrected chi connectivity index (χ4v) is 3.89. The molecule has 2 amide bonds. The summed E-state index contributed by atoms with van der Waals surface area (Å²) >= 11 is 1.07. The normalized spacial score (nSPS) is 15.8. The molecule has 1 saturated heterocycles. The minimum absolute atomic E-state index is 0.0610. The van der Waals surface area contributed by atoms with Crippen LogP contribution in [0.5, 0.6) is 0 Å². The van der Waals surface area contributed by atoms with Crippen molar-refractivity contribution in [3.63, 3.8) is 0 Å². The predicted octanol–water partition coefficient (Wildman–Crippen LogP) is 4.15. The second kappa shape index (κ2) is 8.52. The highest BCUT2D eigenvalue weighted by Crippen LogP contribution is 2.34. The predicted molar refractivity (Wildman–Crippen MR) is 121 cm³/mol. The summed E-state index contributed by atoms with van der Waals surface area (Å²) in [5.41, 5.74) is 6.99. The van der Waals surface area contributed by atoms with Crippen LogP contribution in [-0.4, -0.2) is 21.9 Å². The number of carbonyl (C=O) groups excluding carboxylic acids is 2. The van der Waals surface area contributed by atoms with Gasteiger partial charge in [0.25, 0.3) is 17.5 Å². The highest BCUT2D eigenvalue weighted by molar-refractivity contribution is 8.18. The third kappa shape index (κ3) is 4.30. The summed E-state index contributed by atoms with van der Waals surface area (Å²) in [5, 5.41) is 14.3.